The lowest BCUT2D eigenvalue weighted by atomic mass is 10.2. The molecule has 1 aromatic carbocycles. The summed E-state index contributed by atoms with van der Waals surface area (Å²) in [6, 6.07) is 7.41. The van der Waals surface area contributed by atoms with Gasteiger partial charge in [0.1, 0.15) is 5.76 Å². The van der Waals surface area contributed by atoms with E-state index in [0.717, 1.165) is 5.56 Å². The molecule has 0 radical (unpaired) electrons. The normalized spacial score (nSPS) is 10.7. The van der Waals surface area contributed by atoms with Crippen molar-refractivity contribution in [3.05, 3.63) is 56.5 Å². The minimum Gasteiger partial charge on any atom is -0.381 e. The Morgan fingerprint density at radius 1 is 1.31 bits per heavy atom. The maximum Gasteiger partial charge on any atom is 0.285 e. The average molecular weight is 238 g/mol. The fraction of sp³-hybridized carbons (Fsp3) is 0.250. The number of aromatic nitrogens is 1. The molecule has 0 N–H and O–H groups in total. The van der Waals surface area contributed by atoms with E-state index >= 15 is 0 Å². The quantitative estimate of drug-likeness (QED) is 0.805. The van der Waals surface area contributed by atoms with Crippen LogP contribution in [0.5, 0.6) is 0 Å². The highest BCUT2D eigenvalue weighted by Gasteiger charge is 2.10. The number of halogens is 1. The predicted molar refractivity (Wildman–Crippen MR) is 63.0 cm³/mol. The molecule has 1 aromatic heterocycles. The first-order valence-corrected chi connectivity index (χ1v) is 5.38. The smallest absolute Gasteiger partial charge is 0.285 e. The van der Waals surface area contributed by atoms with Gasteiger partial charge in [-0.1, -0.05) is 29.8 Å². The maximum atomic E-state index is 11.7. The standard InChI is InChI=1S/C12H12ClNO2/c1-8-9(2)16-14(12(8)15)7-10-5-3-4-6-11(10)13/h3-6H,7H2,1-2H3. The summed E-state index contributed by atoms with van der Waals surface area (Å²) in [5.41, 5.74) is 1.42. The van der Waals surface area contributed by atoms with Crippen molar-refractivity contribution in [1.82, 2.24) is 4.74 Å². The molecule has 3 nitrogen and oxygen atoms in total. The molecule has 0 spiro atoms. The number of benzene rings is 1. The number of hydrogen-bond acceptors (Lipinski definition) is 2. The van der Waals surface area contributed by atoms with Crippen LogP contribution in [-0.2, 0) is 6.54 Å². The zero-order valence-electron chi connectivity index (χ0n) is 9.16. The summed E-state index contributed by atoms with van der Waals surface area (Å²) >= 11 is 6.02. The summed E-state index contributed by atoms with van der Waals surface area (Å²) in [4.78, 5) is 11.7. The van der Waals surface area contributed by atoms with Gasteiger partial charge >= 0.3 is 0 Å². The fourth-order valence-corrected chi connectivity index (χ4v) is 1.69. The topological polar surface area (TPSA) is 35.1 Å². The van der Waals surface area contributed by atoms with Gasteiger partial charge in [-0.2, -0.15) is 4.74 Å². The Morgan fingerprint density at radius 2 is 2.00 bits per heavy atom. The van der Waals surface area contributed by atoms with E-state index in [4.69, 9.17) is 16.1 Å². The Bertz CT molecular complexity index is 569. The van der Waals surface area contributed by atoms with Gasteiger partial charge < -0.3 is 4.52 Å². The summed E-state index contributed by atoms with van der Waals surface area (Å²) in [5.74, 6) is 0.650. The van der Waals surface area contributed by atoms with Gasteiger partial charge in [0, 0.05) is 5.02 Å². The second kappa shape index (κ2) is 4.18. The third-order valence-corrected chi connectivity index (χ3v) is 2.96. The number of aryl methyl sites for hydroxylation is 1. The van der Waals surface area contributed by atoms with Crippen molar-refractivity contribution >= 4 is 11.6 Å². The first-order valence-electron chi connectivity index (χ1n) is 5.00. The molecule has 0 saturated carbocycles. The maximum absolute atomic E-state index is 11.7. The van der Waals surface area contributed by atoms with Crippen LogP contribution in [0.15, 0.2) is 33.6 Å². The second-order valence-electron chi connectivity index (χ2n) is 3.71. The molecule has 4 heteroatoms. The third kappa shape index (κ3) is 1.91. The Kier molecular flexibility index (Phi) is 2.88. The van der Waals surface area contributed by atoms with Crippen LogP contribution >= 0.6 is 11.6 Å². The predicted octanol–water partition coefficient (Wildman–Crippen LogP) is 2.76. The largest absolute Gasteiger partial charge is 0.381 e. The summed E-state index contributed by atoms with van der Waals surface area (Å²) in [6.45, 7) is 3.90. The lowest BCUT2D eigenvalue weighted by Gasteiger charge is -2.02. The molecule has 0 aliphatic rings. The van der Waals surface area contributed by atoms with Crippen molar-refractivity contribution < 1.29 is 4.52 Å². The van der Waals surface area contributed by atoms with Crippen LogP contribution in [-0.4, -0.2) is 4.74 Å². The van der Waals surface area contributed by atoms with E-state index in [2.05, 4.69) is 0 Å². The van der Waals surface area contributed by atoms with Crippen molar-refractivity contribution in [2.75, 3.05) is 0 Å². The number of hydrogen-bond donors (Lipinski definition) is 0. The minimum atomic E-state index is -0.0996. The Balaban J connectivity index is 2.38. The zero-order chi connectivity index (χ0) is 11.7. The SMILES string of the molecule is Cc1on(Cc2ccccc2Cl)c(=O)c1C. The summed E-state index contributed by atoms with van der Waals surface area (Å²) in [5, 5.41) is 0.640. The highest BCUT2D eigenvalue weighted by Crippen LogP contribution is 2.16. The molecular formula is C12H12ClNO2. The molecule has 0 saturated heterocycles. The van der Waals surface area contributed by atoms with Gasteiger partial charge in [0.25, 0.3) is 5.56 Å². The van der Waals surface area contributed by atoms with Gasteiger partial charge in [-0.25, -0.2) is 0 Å². The highest BCUT2D eigenvalue weighted by atomic mass is 35.5. The molecule has 0 atom stereocenters. The molecule has 0 aliphatic heterocycles. The van der Waals surface area contributed by atoms with Gasteiger partial charge in [-0.15, -0.1) is 0 Å². The molecule has 1 heterocycles. The Labute approximate surface area is 98.2 Å². The molecule has 0 fully saturated rings. The van der Waals surface area contributed by atoms with Crippen LogP contribution in [0.3, 0.4) is 0 Å². The zero-order valence-corrected chi connectivity index (χ0v) is 9.91. The molecule has 84 valence electrons. The van der Waals surface area contributed by atoms with E-state index in [-0.39, 0.29) is 5.56 Å². The van der Waals surface area contributed by atoms with Crippen molar-refractivity contribution in [2.24, 2.45) is 0 Å². The monoisotopic (exact) mass is 237 g/mol. The van der Waals surface area contributed by atoms with Crippen LogP contribution in [0.1, 0.15) is 16.9 Å². The van der Waals surface area contributed by atoms with Crippen LogP contribution < -0.4 is 5.56 Å². The molecule has 2 aromatic rings. The van der Waals surface area contributed by atoms with Gasteiger partial charge in [-0.05, 0) is 25.5 Å². The molecule has 0 aliphatic carbocycles. The Hall–Kier alpha value is -1.48. The van der Waals surface area contributed by atoms with Crippen molar-refractivity contribution in [2.45, 2.75) is 20.4 Å². The van der Waals surface area contributed by atoms with Gasteiger partial charge in [0.2, 0.25) is 0 Å². The van der Waals surface area contributed by atoms with Crippen LogP contribution in [0, 0.1) is 13.8 Å². The first kappa shape index (κ1) is 11.0. The number of nitrogens with zero attached hydrogens (tertiary/aromatic N) is 1. The van der Waals surface area contributed by atoms with E-state index < -0.39 is 0 Å². The Morgan fingerprint density at radius 3 is 2.56 bits per heavy atom. The van der Waals surface area contributed by atoms with E-state index in [9.17, 15) is 4.79 Å². The van der Waals surface area contributed by atoms with Crippen LogP contribution in [0.2, 0.25) is 5.02 Å². The lowest BCUT2D eigenvalue weighted by molar-refractivity contribution is 0.264. The first-order chi connectivity index (χ1) is 7.59. The lowest BCUT2D eigenvalue weighted by Crippen LogP contribution is -2.16. The molecule has 2 rings (SSSR count). The van der Waals surface area contributed by atoms with E-state index in [1.165, 1.54) is 4.74 Å². The van der Waals surface area contributed by atoms with Crippen LogP contribution in [0.25, 0.3) is 0 Å². The van der Waals surface area contributed by atoms with E-state index in [0.29, 0.717) is 22.9 Å². The molecule has 0 bridgehead atoms. The van der Waals surface area contributed by atoms with Gasteiger partial charge in [-0.3, -0.25) is 4.79 Å². The summed E-state index contributed by atoms with van der Waals surface area (Å²) in [7, 11) is 0. The number of rotatable bonds is 2. The fourth-order valence-electron chi connectivity index (χ4n) is 1.50. The summed E-state index contributed by atoms with van der Waals surface area (Å²) < 4.78 is 6.67. The van der Waals surface area contributed by atoms with Crippen molar-refractivity contribution in [1.29, 1.82) is 0 Å². The minimum absolute atomic E-state index is 0.0996. The highest BCUT2D eigenvalue weighted by molar-refractivity contribution is 6.31. The molecule has 0 unspecified atom stereocenters. The molecule has 0 amide bonds. The summed E-state index contributed by atoms with van der Waals surface area (Å²) in [6.07, 6.45) is 0. The third-order valence-electron chi connectivity index (χ3n) is 2.59. The van der Waals surface area contributed by atoms with E-state index in [1.54, 1.807) is 19.9 Å². The van der Waals surface area contributed by atoms with Crippen LogP contribution in [0.4, 0.5) is 0 Å². The van der Waals surface area contributed by atoms with Gasteiger partial charge in [0.15, 0.2) is 0 Å². The molecular weight excluding hydrogens is 226 g/mol. The average Bonchev–Trinajstić information content (AvgIpc) is 2.50. The molecule has 16 heavy (non-hydrogen) atoms. The van der Waals surface area contributed by atoms with Crippen molar-refractivity contribution in [3.63, 3.8) is 0 Å². The second-order valence-corrected chi connectivity index (χ2v) is 4.11. The van der Waals surface area contributed by atoms with Gasteiger partial charge in [0.05, 0.1) is 12.1 Å². The van der Waals surface area contributed by atoms with E-state index in [1.807, 2.05) is 18.2 Å². The van der Waals surface area contributed by atoms with Crippen molar-refractivity contribution in [3.8, 4) is 0 Å².